The number of carbonyl (C=O) groups excluding carboxylic acids is 1. The highest BCUT2D eigenvalue weighted by atomic mass is 32.2. The predicted molar refractivity (Wildman–Crippen MR) is 115 cm³/mol. The second kappa shape index (κ2) is 9.17. The summed E-state index contributed by atoms with van der Waals surface area (Å²) in [5, 5.41) is 2.78. The Morgan fingerprint density at radius 2 is 1.55 bits per heavy atom. The minimum absolute atomic E-state index is 0.308. The molecule has 0 saturated carbocycles. The van der Waals surface area contributed by atoms with Crippen LogP contribution in [0.4, 0.5) is 11.4 Å². The van der Waals surface area contributed by atoms with Gasteiger partial charge in [0.25, 0.3) is 0 Å². The lowest BCUT2D eigenvalue weighted by Crippen LogP contribution is -2.45. The zero-order valence-electron chi connectivity index (χ0n) is 17.6. The first-order chi connectivity index (χ1) is 13.6. The molecule has 1 atom stereocenters. The van der Waals surface area contributed by atoms with Crippen LogP contribution in [0.1, 0.15) is 32.3 Å². The third-order valence-electron chi connectivity index (χ3n) is 4.55. The van der Waals surface area contributed by atoms with E-state index >= 15 is 0 Å². The van der Waals surface area contributed by atoms with E-state index in [1.54, 1.807) is 24.3 Å². The van der Waals surface area contributed by atoms with Crippen LogP contribution in [0.15, 0.2) is 42.5 Å². The minimum atomic E-state index is -3.74. The van der Waals surface area contributed by atoms with Crippen molar-refractivity contribution in [1.29, 1.82) is 0 Å². The van der Waals surface area contributed by atoms with Crippen molar-refractivity contribution in [2.24, 2.45) is 0 Å². The second-order valence-electron chi connectivity index (χ2n) is 7.04. The molecule has 0 spiro atoms. The minimum Gasteiger partial charge on any atom is -0.493 e. The van der Waals surface area contributed by atoms with Crippen LogP contribution >= 0.6 is 0 Å². The first-order valence-corrected chi connectivity index (χ1v) is 11.1. The first kappa shape index (κ1) is 22.5. The van der Waals surface area contributed by atoms with Crippen LogP contribution in [0, 0.1) is 0 Å². The molecule has 0 aliphatic carbocycles. The molecule has 2 aromatic carbocycles. The number of amides is 1. The van der Waals surface area contributed by atoms with Gasteiger partial charge < -0.3 is 14.8 Å². The fourth-order valence-corrected chi connectivity index (χ4v) is 4.14. The summed E-state index contributed by atoms with van der Waals surface area (Å²) in [6, 6.07) is 11.2. The Labute approximate surface area is 172 Å². The van der Waals surface area contributed by atoms with Crippen molar-refractivity contribution in [1.82, 2.24) is 0 Å². The number of nitrogens with one attached hydrogen (secondary N) is 1. The Kier molecular flexibility index (Phi) is 7.13. The molecular weight excluding hydrogens is 392 g/mol. The van der Waals surface area contributed by atoms with Gasteiger partial charge in [-0.15, -0.1) is 0 Å². The largest absolute Gasteiger partial charge is 0.493 e. The van der Waals surface area contributed by atoms with Gasteiger partial charge in [0.1, 0.15) is 6.04 Å². The molecule has 0 aliphatic heterocycles. The lowest BCUT2D eigenvalue weighted by Gasteiger charge is -2.28. The van der Waals surface area contributed by atoms with Crippen LogP contribution in [0.2, 0.25) is 0 Å². The average molecular weight is 421 g/mol. The Morgan fingerprint density at radius 3 is 2.03 bits per heavy atom. The van der Waals surface area contributed by atoms with E-state index in [9.17, 15) is 13.2 Å². The van der Waals surface area contributed by atoms with Gasteiger partial charge in [0, 0.05) is 11.8 Å². The van der Waals surface area contributed by atoms with Crippen LogP contribution in [-0.4, -0.2) is 40.8 Å². The van der Waals surface area contributed by atoms with Crippen LogP contribution in [-0.2, 0) is 14.8 Å². The molecule has 0 aliphatic rings. The van der Waals surface area contributed by atoms with Crippen LogP contribution in [0.25, 0.3) is 0 Å². The van der Waals surface area contributed by atoms with E-state index in [1.165, 1.54) is 27.2 Å². The van der Waals surface area contributed by atoms with Crippen LogP contribution in [0.5, 0.6) is 11.5 Å². The molecule has 1 amide bonds. The standard InChI is InChI=1S/C21H28N2O5S/c1-14(2)16-7-9-17(10-8-16)22-21(24)15(3)23(29(6,25)26)18-11-12-19(27-4)20(13-18)28-5/h7-15H,1-6H3,(H,22,24). The summed E-state index contributed by atoms with van der Waals surface area (Å²) in [6.07, 6.45) is 1.06. The lowest BCUT2D eigenvalue weighted by molar-refractivity contribution is -0.116. The highest BCUT2D eigenvalue weighted by Gasteiger charge is 2.30. The third-order valence-corrected chi connectivity index (χ3v) is 5.80. The fourth-order valence-electron chi connectivity index (χ4n) is 2.97. The van der Waals surface area contributed by atoms with Crippen molar-refractivity contribution in [3.63, 3.8) is 0 Å². The molecule has 29 heavy (non-hydrogen) atoms. The van der Waals surface area contributed by atoms with Gasteiger partial charge in [-0.2, -0.15) is 0 Å². The van der Waals surface area contributed by atoms with E-state index in [0.717, 1.165) is 16.1 Å². The van der Waals surface area contributed by atoms with Gasteiger partial charge in [0.05, 0.1) is 26.2 Å². The predicted octanol–water partition coefficient (Wildman–Crippen LogP) is 3.62. The van der Waals surface area contributed by atoms with Crippen molar-refractivity contribution in [3.05, 3.63) is 48.0 Å². The maximum atomic E-state index is 12.8. The lowest BCUT2D eigenvalue weighted by atomic mass is 10.0. The molecule has 8 heteroatoms. The smallest absolute Gasteiger partial charge is 0.247 e. The zero-order valence-corrected chi connectivity index (χ0v) is 18.4. The van der Waals surface area contributed by atoms with Crippen molar-refractivity contribution in [2.45, 2.75) is 32.7 Å². The summed E-state index contributed by atoms with van der Waals surface area (Å²) in [5.41, 5.74) is 2.06. The van der Waals surface area contributed by atoms with Crippen molar-refractivity contribution in [2.75, 3.05) is 30.1 Å². The molecule has 0 bridgehead atoms. The van der Waals surface area contributed by atoms with E-state index in [1.807, 2.05) is 12.1 Å². The summed E-state index contributed by atoms with van der Waals surface area (Å²) in [5.74, 6) is 0.773. The topological polar surface area (TPSA) is 84.9 Å². The summed E-state index contributed by atoms with van der Waals surface area (Å²) < 4.78 is 36.5. The average Bonchev–Trinajstić information content (AvgIpc) is 2.67. The van der Waals surface area contributed by atoms with Crippen LogP contribution in [0.3, 0.4) is 0 Å². The van der Waals surface area contributed by atoms with Gasteiger partial charge >= 0.3 is 0 Å². The maximum Gasteiger partial charge on any atom is 0.247 e. The molecule has 7 nitrogen and oxygen atoms in total. The molecule has 1 unspecified atom stereocenters. The number of sulfonamides is 1. The molecule has 0 fully saturated rings. The summed E-state index contributed by atoms with van der Waals surface area (Å²) in [7, 11) is -0.787. The Hall–Kier alpha value is -2.74. The van der Waals surface area contributed by atoms with Gasteiger partial charge in [-0.05, 0) is 42.7 Å². The summed E-state index contributed by atoms with van der Waals surface area (Å²) >= 11 is 0. The molecule has 158 valence electrons. The van der Waals surface area contributed by atoms with Crippen molar-refractivity contribution >= 4 is 27.3 Å². The number of hydrogen-bond acceptors (Lipinski definition) is 5. The highest BCUT2D eigenvalue weighted by molar-refractivity contribution is 7.92. The van der Waals surface area contributed by atoms with E-state index in [0.29, 0.717) is 28.8 Å². The van der Waals surface area contributed by atoms with Crippen molar-refractivity contribution < 1.29 is 22.7 Å². The fraction of sp³-hybridized carbons (Fsp3) is 0.381. The Balaban J connectivity index is 2.31. The number of rotatable bonds is 8. The first-order valence-electron chi connectivity index (χ1n) is 9.20. The van der Waals surface area contributed by atoms with Gasteiger partial charge in [0.15, 0.2) is 11.5 Å². The molecule has 0 saturated heterocycles. The molecule has 2 rings (SSSR count). The monoisotopic (exact) mass is 420 g/mol. The number of carbonyl (C=O) groups is 1. The van der Waals surface area contributed by atoms with Crippen molar-refractivity contribution in [3.8, 4) is 11.5 Å². The van der Waals surface area contributed by atoms with E-state index < -0.39 is 22.0 Å². The SMILES string of the molecule is COc1ccc(N(C(C)C(=O)Nc2ccc(C(C)C)cc2)S(C)(=O)=O)cc1OC. The maximum absolute atomic E-state index is 12.8. The van der Waals surface area contributed by atoms with E-state index in [-0.39, 0.29) is 0 Å². The molecule has 0 aromatic heterocycles. The number of ether oxygens (including phenoxy) is 2. The summed E-state index contributed by atoms with van der Waals surface area (Å²) in [6.45, 7) is 5.71. The normalized spacial score (nSPS) is 12.4. The van der Waals surface area contributed by atoms with Gasteiger partial charge in [-0.3, -0.25) is 9.10 Å². The second-order valence-corrected chi connectivity index (χ2v) is 8.90. The molecule has 0 heterocycles. The Bertz CT molecular complexity index is 956. The summed E-state index contributed by atoms with van der Waals surface area (Å²) in [4.78, 5) is 12.8. The van der Waals surface area contributed by atoms with Gasteiger partial charge in [-0.25, -0.2) is 8.42 Å². The highest BCUT2D eigenvalue weighted by Crippen LogP contribution is 2.33. The zero-order chi connectivity index (χ0) is 21.8. The number of nitrogens with zero attached hydrogens (tertiary/aromatic N) is 1. The van der Waals surface area contributed by atoms with Crippen LogP contribution < -0.4 is 19.1 Å². The van der Waals surface area contributed by atoms with E-state index in [4.69, 9.17) is 9.47 Å². The Morgan fingerprint density at radius 1 is 0.966 bits per heavy atom. The quantitative estimate of drug-likeness (QED) is 0.705. The molecule has 1 N–H and O–H groups in total. The third kappa shape index (κ3) is 5.41. The molecule has 0 radical (unpaired) electrons. The number of benzene rings is 2. The number of hydrogen-bond donors (Lipinski definition) is 1. The number of methoxy groups -OCH3 is 2. The molecular formula is C21H28N2O5S. The van der Waals surface area contributed by atoms with Gasteiger partial charge in [-0.1, -0.05) is 26.0 Å². The number of anilines is 2. The molecule has 2 aromatic rings. The van der Waals surface area contributed by atoms with Gasteiger partial charge in [0.2, 0.25) is 15.9 Å². The van der Waals surface area contributed by atoms with E-state index in [2.05, 4.69) is 19.2 Å².